The molecule has 6 nitrogen and oxygen atoms in total. The standard InChI is InChI=1S/C25H37N3O3/c1-31-21-12-10-20(11-13-21)19-28-23-14-18-27(22(23)7-2-3-8-25(28)30)24(29)9-6-17-26-15-4-5-16-26/h10-13,22-23H,2-9,14-19H2,1H3/t22-,23+/m1/s1. The van der Waals surface area contributed by atoms with Crippen LogP contribution in [0.25, 0.3) is 0 Å². The van der Waals surface area contributed by atoms with E-state index in [2.05, 4.69) is 14.7 Å². The number of nitrogens with zero attached hydrogens (tertiary/aromatic N) is 3. The first-order chi connectivity index (χ1) is 15.2. The van der Waals surface area contributed by atoms with E-state index in [9.17, 15) is 9.59 Å². The predicted molar refractivity (Wildman–Crippen MR) is 121 cm³/mol. The van der Waals surface area contributed by atoms with Crippen LogP contribution >= 0.6 is 0 Å². The number of hydrogen-bond acceptors (Lipinski definition) is 4. The maximum absolute atomic E-state index is 13.1. The number of likely N-dealkylation sites (tertiary alicyclic amines) is 3. The largest absolute Gasteiger partial charge is 0.497 e. The van der Waals surface area contributed by atoms with Crippen LogP contribution in [0.4, 0.5) is 0 Å². The van der Waals surface area contributed by atoms with Gasteiger partial charge in [-0.2, -0.15) is 0 Å². The lowest BCUT2D eigenvalue weighted by Crippen LogP contribution is -2.49. The van der Waals surface area contributed by atoms with Gasteiger partial charge in [0.1, 0.15) is 5.75 Å². The van der Waals surface area contributed by atoms with Gasteiger partial charge in [-0.15, -0.1) is 0 Å². The molecule has 0 spiro atoms. The van der Waals surface area contributed by atoms with E-state index in [1.165, 1.54) is 25.9 Å². The molecule has 0 radical (unpaired) electrons. The van der Waals surface area contributed by atoms with E-state index in [0.29, 0.717) is 19.4 Å². The molecule has 1 aromatic rings. The number of carbonyl (C=O) groups excluding carboxylic acids is 2. The molecule has 2 atom stereocenters. The Labute approximate surface area is 186 Å². The first-order valence-electron chi connectivity index (χ1n) is 12.1. The number of amides is 2. The molecule has 31 heavy (non-hydrogen) atoms. The van der Waals surface area contributed by atoms with Gasteiger partial charge < -0.3 is 19.4 Å². The fourth-order valence-electron chi connectivity index (χ4n) is 5.55. The highest BCUT2D eigenvalue weighted by Crippen LogP contribution is 2.32. The highest BCUT2D eigenvalue weighted by atomic mass is 16.5. The van der Waals surface area contributed by atoms with Gasteiger partial charge in [-0.25, -0.2) is 0 Å². The molecule has 1 aromatic carbocycles. The minimum Gasteiger partial charge on any atom is -0.497 e. The van der Waals surface area contributed by atoms with Crippen LogP contribution in [0, 0.1) is 0 Å². The monoisotopic (exact) mass is 427 g/mol. The molecule has 3 aliphatic heterocycles. The third-order valence-corrected chi connectivity index (χ3v) is 7.27. The summed E-state index contributed by atoms with van der Waals surface area (Å²) in [7, 11) is 1.66. The van der Waals surface area contributed by atoms with Crippen LogP contribution in [0.5, 0.6) is 5.75 Å². The van der Waals surface area contributed by atoms with Crippen LogP contribution in [0.2, 0.25) is 0 Å². The highest BCUT2D eigenvalue weighted by Gasteiger charge is 2.41. The van der Waals surface area contributed by atoms with E-state index < -0.39 is 0 Å². The van der Waals surface area contributed by atoms with Gasteiger partial charge in [0.05, 0.1) is 19.2 Å². The summed E-state index contributed by atoms with van der Waals surface area (Å²) in [6.07, 6.45) is 8.62. The molecule has 0 aromatic heterocycles. The summed E-state index contributed by atoms with van der Waals surface area (Å²) in [5, 5.41) is 0. The summed E-state index contributed by atoms with van der Waals surface area (Å²) < 4.78 is 5.26. The first-order valence-corrected chi connectivity index (χ1v) is 12.1. The van der Waals surface area contributed by atoms with E-state index in [0.717, 1.165) is 56.5 Å². The van der Waals surface area contributed by atoms with Gasteiger partial charge in [-0.1, -0.05) is 18.6 Å². The number of fused-ring (bicyclic) bond motifs is 1. The Morgan fingerprint density at radius 3 is 2.52 bits per heavy atom. The Morgan fingerprint density at radius 1 is 1.00 bits per heavy atom. The average molecular weight is 428 g/mol. The van der Waals surface area contributed by atoms with Gasteiger partial charge in [-0.05, 0) is 75.9 Å². The van der Waals surface area contributed by atoms with E-state index >= 15 is 0 Å². The lowest BCUT2D eigenvalue weighted by molar-refractivity contribution is -0.139. The minimum absolute atomic E-state index is 0.137. The van der Waals surface area contributed by atoms with Crippen molar-refractivity contribution < 1.29 is 14.3 Å². The molecule has 3 aliphatic rings. The lowest BCUT2D eigenvalue weighted by Gasteiger charge is -2.37. The predicted octanol–water partition coefficient (Wildman–Crippen LogP) is 3.44. The Kier molecular flexibility index (Phi) is 7.49. The molecule has 0 saturated carbocycles. The van der Waals surface area contributed by atoms with E-state index in [1.54, 1.807) is 7.11 Å². The number of rotatable bonds is 7. The zero-order chi connectivity index (χ0) is 21.6. The molecule has 0 aliphatic carbocycles. The van der Waals surface area contributed by atoms with Gasteiger partial charge in [0.15, 0.2) is 0 Å². The third kappa shape index (κ3) is 5.40. The van der Waals surface area contributed by atoms with Crippen LogP contribution in [0.15, 0.2) is 24.3 Å². The van der Waals surface area contributed by atoms with Gasteiger partial charge >= 0.3 is 0 Å². The van der Waals surface area contributed by atoms with Gasteiger partial charge in [-0.3, -0.25) is 9.59 Å². The molecule has 3 heterocycles. The van der Waals surface area contributed by atoms with Crippen molar-refractivity contribution in [2.45, 2.75) is 76.4 Å². The van der Waals surface area contributed by atoms with Crippen LogP contribution in [0.1, 0.15) is 63.4 Å². The number of carbonyl (C=O) groups is 2. The smallest absolute Gasteiger partial charge is 0.223 e. The van der Waals surface area contributed by atoms with Crippen LogP contribution in [0.3, 0.4) is 0 Å². The zero-order valence-electron chi connectivity index (χ0n) is 18.9. The van der Waals surface area contributed by atoms with E-state index in [-0.39, 0.29) is 23.9 Å². The molecule has 0 bridgehead atoms. The third-order valence-electron chi connectivity index (χ3n) is 7.27. The van der Waals surface area contributed by atoms with Crippen molar-refractivity contribution in [2.75, 3.05) is 33.3 Å². The van der Waals surface area contributed by atoms with Crippen molar-refractivity contribution in [3.05, 3.63) is 29.8 Å². The molecule has 170 valence electrons. The molecule has 6 heteroatoms. The molecule has 0 unspecified atom stereocenters. The number of hydrogen-bond donors (Lipinski definition) is 0. The number of benzene rings is 1. The van der Waals surface area contributed by atoms with Crippen LogP contribution in [-0.2, 0) is 16.1 Å². The summed E-state index contributed by atoms with van der Waals surface area (Å²) in [6, 6.07) is 8.28. The summed E-state index contributed by atoms with van der Waals surface area (Å²) >= 11 is 0. The Hall–Kier alpha value is -2.08. The second-order valence-corrected chi connectivity index (χ2v) is 9.28. The van der Waals surface area contributed by atoms with Gasteiger partial charge in [0, 0.05) is 25.9 Å². The molecule has 3 saturated heterocycles. The summed E-state index contributed by atoms with van der Waals surface area (Å²) in [5.41, 5.74) is 1.11. The fraction of sp³-hybridized carbons (Fsp3) is 0.680. The van der Waals surface area contributed by atoms with Crippen molar-refractivity contribution in [3.8, 4) is 5.75 Å². The molecular weight excluding hydrogens is 390 g/mol. The van der Waals surface area contributed by atoms with Crippen molar-refractivity contribution in [1.29, 1.82) is 0 Å². The van der Waals surface area contributed by atoms with Gasteiger partial charge in [0.2, 0.25) is 11.8 Å². The summed E-state index contributed by atoms with van der Waals surface area (Å²) in [5.74, 6) is 1.34. The zero-order valence-corrected chi connectivity index (χ0v) is 18.9. The topological polar surface area (TPSA) is 53.1 Å². The molecular formula is C25H37N3O3. The van der Waals surface area contributed by atoms with E-state index in [1.807, 2.05) is 24.3 Å². The van der Waals surface area contributed by atoms with Gasteiger partial charge in [0.25, 0.3) is 0 Å². The molecule has 0 N–H and O–H groups in total. The second kappa shape index (κ2) is 10.5. The molecule has 3 fully saturated rings. The normalized spacial score (nSPS) is 24.7. The fourth-order valence-corrected chi connectivity index (χ4v) is 5.55. The summed E-state index contributed by atoms with van der Waals surface area (Å²) in [6.45, 7) is 4.80. The van der Waals surface area contributed by atoms with Crippen molar-refractivity contribution in [1.82, 2.24) is 14.7 Å². The first kappa shape index (κ1) is 22.1. The highest BCUT2D eigenvalue weighted by molar-refractivity contribution is 5.79. The molecule has 4 rings (SSSR count). The van der Waals surface area contributed by atoms with Crippen molar-refractivity contribution in [2.24, 2.45) is 0 Å². The average Bonchev–Trinajstić information content (AvgIpc) is 3.44. The van der Waals surface area contributed by atoms with E-state index in [4.69, 9.17) is 4.74 Å². The Bertz CT molecular complexity index is 745. The number of ether oxygens (including phenoxy) is 1. The summed E-state index contributed by atoms with van der Waals surface area (Å²) in [4.78, 5) is 32.7. The molecule has 2 amide bonds. The van der Waals surface area contributed by atoms with Crippen LogP contribution < -0.4 is 4.74 Å². The van der Waals surface area contributed by atoms with Crippen LogP contribution in [-0.4, -0.2) is 71.9 Å². The minimum atomic E-state index is 0.137. The Balaban J connectivity index is 1.40. The Morgan fingerprint density at radius 2 is 1.77 bits per heavy atom. The maximum Gasteiger partial charge on any atom is 0.223 e. The second-order valence-electron chi connectivity index (χ2n) is 9.28. The SMILES string of the molecule is COc1ccc(CN2C(=O)CCCC[C@@H]3[C@@H]2CCN3C(=O)CCCN2CCCC2)cc1. The van der Waals surface area contributed by atoms with Crippen molar-refractivity contribution >= 4 is 11.8 Å². The maximum atomic E-state index is 13.1. The number of methoxy groups -OCH3 is 1. The quantitative estimate of drug-likeness (QED) is 0.669. The van der Waals surface area contributed by atoms with Crippen molar-refractivity contribution in [3.63, 3.8) is 0 Å². The lowest BCUT2D eigenvalue weighted by atomic mass is 9.96.